The maximum Gasteiger partial charge on any atom is 0.0505 e. The van der Waals surface area contributed by atoms with Gasteiger partial charge >= 0.3 is 0 Å². The minimum absolute atomic E-state index is 0.214. The molecular formula is C16H29N3S. The average Bonchev–Trinajstić information content (AvgIpc) is 3.10. The van der Waals surface area contributed by atoms with E-state index in [1.54, 1.807) is 11.3 Å². The zero-order chi connectivity index (χ0) is 14.5. The fourth-order valence-electron chi connectivity index (χ4n) is 3.46. The molecule has 0 spiro atoms. The number of nitrogens with zero attached hydrogens (tertiary/aromatic N) is 2. The van der Waals surface area contributed by atoms with Crippen LogP contribution in [0.1, 0.15) is 44.7 Å². The summed E-state index contributed by atoms with van der Waals surface area (Å²) in [6, 6.07) is 3.50. The highest BCUT2D eigenvalue weighted by atomic mass is 32.1. The van der Waals surface area contributed by atoms with E-state index >= 15 is 0 Å². The monoisotopic (exact) mass is 295 g/mol. The van der Waals surface area contributed by atoms with Crippen LogP contribution in [0.25, 0.3) is 0 Å². The maximum absolute atomic E-state index is 6.40. The molecule has 0 aromatic carbocycles. The minimum Gasteiger partial charge on any atom is -0.326 e. The summed E-state index contributed by atoms with van der Waals surface area (Å²) < 4.78 is 0. The molecule has 3 nitrogen and oxygen atoms in total. The number of hydrogen-bond acceptors (Lipinski definition) is 4. The van der Waals surface area contributed by atoms with Crippen LogP contribution in [-0.2, 0) is 0 Å². The zero-order valence-corrected chi connectivity index (χ0v) is 13.9. The Bertz CT molecular complexity index is 379. The summed E-state index contributed by atoms with van der Waals surface area (Å²) >= 11 is 1.77. The lowest BCUT2D eigenvalue weighted by Crippen LogP contribution is -2.45. The van der Waals surface area contributed by atoms with Gasteiger partial charge < -0.3 is 5.73 Å². The SMILES string of the molecule is CCC(N)C(c1ccsc1)N(C)CC1CCCN1CC. The Morgan fingerprint density at radius 2 is 2.30 bits per heavy atom. The van der Waals surface area contributed by atoms with Gasteiger partial charge in [0.15, 0.2) is 0 Å². The van der Waals surface area contributed by atoms with E-state index in [0.29, 0.717) is 12.1 Å². The first-order valence-electron chi connectivity index (χ1n) is 7.89. The Balaban J connectivity index is 2.05. The van der Waals surface area contributed by atoms with Crippen LogP contribution in [0.2, 0.25) is 0 Å². The number of nitrogens with two attached hydrogens (primary N) is 1. The van der Waals surface area contributed by atoms with Gasteiger partial charge in [0.1, 0.15) is 0 Å². The van der Waals surface area contributed by atoms with Crippen molar-refractivity contribution in [3.8, 4) is 0 Å². The van der Waals surface area contributed by atoms with Gasteiger partial charge in [0.05, 0.1) is 6.04 Å². The molecular weight excluding hydrogens is 266 g/mol. The van der Waals surface area contributed by atoms with Crippen molar-refractivity contribution >= 4 is 11.3 Å². The molecule has 0 saturated carbocycles. The second kappa shape index (κ2) is 7.55. The molecule has 20 heavy (non-hydrogen) atoms. The van der Waals surface area contributed by atoms with E-state index in [-0.39, 0.29) is 6.04 Å². The molecule has 3 atom stereocenters. The lowest BCUT2D eigenvalue weighted by molar-refractivity contribution is 0.147. The van der Waals surface area contributed by atoms with Crippen molar-refractivity contribution in [2.45, 2.75) is 51.2 Å². The van der Waals surface area contributed by atoms with Gasteiger partial charge in [-0.3, -0.25) is 9.80 Å². The average molecular weight is 295 g/mol. The molecule has 3 unspecified atom stereocenters. The van der Waals surface area contributed by atoms with Gasteiger partial charge in [-0.25, -0.2) is 0 Å². The third-order valence-electron chi connectivity index (χ3n) is 4.64. The molecule has 1 aliphatic rings. The first kappa shape index (κ1) is 16.0. The lowest BCUT2D eigenvalue weighted by atomic mass is 9.98. The minimum atomic E-state index is 0.214. The summed E-state index contributed by atoms with van der Waals surface area (Å²) in [5, 5.41) is 4.41. The first-order chi connectivity index (χ1) is 9.67. The van der Waals surface area contributed by atoms with Crippen LogP contribution in [0.3, 0.4) is 0 Å². The number of likely N-dealkylation sites (tertiary alicyclic amines) is 1. The molecule has 1 fully saturated rings. The maximum atomic E-state index is 6.40. The summed E-state index contributed by atoms with van der Waals surface area (Å²) in [7, 11) is 2.24. The standard InChI is InChI=1S/C16H29N3S/c1-4-15(17)16(13-8-10-20-12-13)18(3)11-14-7-6-9-19(14)5-2/h8,10,12,14-16H,4-7,9,11,17H2,1-3H3. The van der Waals surface area contributed by atoms with Crippen molar-refractivity contribution in [3.05, 3.63) is 22.4 Å². The summed E-state index contributed by atoms with van der Waals surface area (Å²) in [5.74, 6) is 0. The van der Waals surface area contributed by atoms with Gasteiger partial charge in [-0.1, -0.05) is 13.8 Å². The van der Waals surface area contributed by atoms with Gasteiger partial charge in [0, 0.05) is 18.6 Å². The Kier molecular flexibility index (Phi) is 6.02. The highest BCUT2D eigenvalue weighted by molar-refractivity contribution is 7.07. The summed E-state index contributed by atoms with van der Waals surface area (Å²) in [4.78, 5) is 5.09. The van der Waals surface area contributed by atoms with Crippen LogP contribution < -0.4 is 5.73 Å². The predicted molar refractivity (Wildman–Crippen MR) is 88.2 cm³/mol. The highest BCUT2D eigenvalue weighted by Crippen LogP contribution is 2.28. The van der Waals surface area contributed by atoms with Crippen LogP contribution >= 0.6 is 11.3 Å². The fourth-order valence-corrected chi connectivity index (χ4v) is 4.15. The normalized spacial score (nSPS) is 23.4. The van der Waals surface area contributed by atoms with Gasteiger partial charge in [0.2, 0.25) is 0 Å². The number of likely N-dealkylation sites (N-methyl/N-ethyl adjacent to an activating group) is 2. The molecule has 4 heteroatoms. The largest absolute Gasteiger partial charge is 0.326 e. The Morgan fingerprint density at radius 3 is 2.90 bits per heavy atom. The molecule has 1 aromatic rings. The van der Waals surface area contributed by atoms with E-state index in [1.807, 2.05) is 0 Å². The number of thiophene rings is 1. The van der Waals surface area contributed by atoms with Gasteiger partial charge in [-0.05, 0) is 61.8 Å². The predicted octanol–water partition coefficient (Wildman–Crippen LogP) is 2.94. The van der Waals surface area contributed by atoms with Crippen LogP contribution in [0.4, 0.5) is 0 Å². The van der Waals surface area contributed by atoms with Crippen molar-refractivity contribution in [2.24, 2.45) is 5.73 Å². The molecule has 0 bridgehead atoms. The van der Waals surface area contributed by atoms with Crippen molar-refractivity contribution in [1.82, 2.24) is 9.80 Å². The third kappa shape index (κ3) is 3.61. The van der Waals surface area contributed by atoms with Crippen LogP contribution in [0.5, 0.6) is 0 Å². The first-order valence-corrected chi connectivity index (χ1v) is 8.83. The van der Waals surface area contributed by atoms with E-state index < -0.39 is 0 Å². The topological polar surface area (TPSA) is 32.5 Å². The molecule has 1 aliphatic heterocycles. The molecule has 2 N–H and O–H groups in total. The Labute approximate surface area is 127 Å². The lowest BCUT2D eigenvalue weighted by Gasteiger charge is -2.35. The van der Waals surface area contributed by atoms with Gasteiger partial charge in [-0.2, -0.15) is 11.3 Å². The van der Waals surface area contributed by atoms with Gasteiger partial charge in [-0.15, -0.1) is 0 Å². The fraction of sp³-hybridized carbons (Fsp3) is 0.750. The van der Waals surface area contributed by atoms with Crippen molar-refractivity contribution in [3.63, 3.8) is 0 Å². The second-order valence-electron chi connectivity index (χ2n) is 5.94. The van der Waals surface area contributed by atoms with Crippen molar-refractivity contribution < 1.29 is 0 Å². The van der Waals surface area contributed by atoms with Crippen LogP contribution in [0.15, 0.2) is 16.8 Å². The second-order valence-corrected chi connectivity index (χ2v) is 6.72. The summed E-state index contributed by atoms with van der Waals surface area (Å²) in [5.41, 5.74) is 7.78. The van der Waals surface area contributed by atoms with Crippen LogP contribution in [-0.4, -0.2) is 48.6 Å². The molecule has 2 heterocycles. The molecule has 2 rings (SSSR count). The number of rotatable bonds is 7. The number of hydrogen-bond donors (Lipinski definition) is 1. The van der Waals surface area contributed by atoms with E-state index in [2.05, 4.69) is 47.5 Å². The molecule has 1 aromatic heterocycles. The van der Waals surface area contributed by atoms with Gasteiger partial charge in [0.25, 0.3) is 0 Å². The summed E-state index contributed by atoms with van der Waals surface area (Å²) in [6.45, 7) is 8.01. The van der Waals surface area contributed by atoms with Crippen molar-refractivity contribution in [2.75, 3.05) is 26.7 Å². The smallest absolute Gasteiger partial charge is 0.0505 e. The van der Waals surface area contributed by atoms with E-state index in [9.17, 15) is 0 Å². The third-order valence-corrected chi connectivity index (χ3v) is 5.34. The molecule has 0 amide bonds. The van der Waals surface area contributed by atoms with E-state index in [1.165, 1.54) is 31.5 Å². The molecule has 1 saturated heterocycles. The van der Waals surface area contributed by atoms with E-state index in [0.717, 1.165) is 13.0 Å². The quantitative estimate of drug-likeness (QED) is 0.839. The molecule has 0 radical (unpaired) electrons. The van der Waals surface area contributed by atoms with Crippen LogP contribution in [0, 0.1) is 0 Å². The van der Waals surface area contributed by atoms with E-state index in [4.69, 9.17) is 5.73 Å². The molecule has 114 valence electrons. The Hall–Kier alpha value is -0.420. The highest BCUT2D eigenvalue weighted by Gasteiger charge is 2.29. The summed E-state index contributed by atoms with van der Waals surface area (Å²) in [6.07, 6.45) is 3.69. The zero-order valence-electron chi connectivity index (χ0n) is 13.1. The molecule has 0 aliphatic carbocycles. The Morgan fingerprint density at radius 1 is 1.50 bits per heavy atom. The van der Waals surface area contributed by atoms with Crippen molar-refractivity contribution in [1.29, 1.82) is 0 Å².